The number of carbonyl (C=O) groups excluding carboxylic acids is 1. The van der Waals surface area contributed by atoms with Crippen molar-refractivity contribution in [2.24, 2.45) is 0 Å². The predicted molar refractivity (Wildman–Crippen MR) is 88.8 cm³/mol. The molecular formula is C17H14N4O3. The summed E-state index contributed by atoms with van der Waals surface area (Å²) in [4.78, 5) is 20.3. The van der Waals surface area contributed by atoms with Gasteiger partial charge in [-0.2, -0.15) is 0 Å². The van der Waals surface area contributed by atoms with Gasteiger partial charge in [0.2, 0.25) is 0 Å². The van der Waals surface area contributed by atoms with Gasteiger partial charge in [-0.1, -0.05) is 12.1 Å². The molecule has 0 aliphatic rings. The fraction of sp³-hybridized carbons (Fsp3) is 0.118. The van der Waals surface area contributed by atoms with Crippen LogP contribution in [0.25, 0.3) is 22.1 Å². The summed E-state index contributed by atoms with van der Waals surface area (Å²) < 4.78 is 10.9. The van der Waals surface area contributed by atoms with E-state index in [1.54, 1.807) is 12.1 Å². The summed E-state index contributed by atoms with van der Waals surface area (Å²) in [6.45, 7) is 0.918. The van der Waals surface area contributed by atoms with E-state index in [2.05, 4.69) is 20.6 Å². The Morgan fingerprint density at radius 2 is 2.00 bits per heavy atom. The molecule has 0 atom stereocenters. The van der Waals surface area contributed by atoms with Crippen LogP contribution in [0.1, 0.15) is 10.6 Å². The smallest absolute Gasteiger partial charge is 0.287 e. The van der Waals surface area contributed by atoms with E-state index in [1.165, 1.54) is 12.6 Å². The van der Waals surface area contributed by atoms with Gasteiger partial charge in [-0.3, -0.25) is 4.79 Å². The first kappa shape index (κ1) is 14.3. The van der Waals surface area contributed by atoms with E-state index in [0.29, 0.717) is 24.5 Å². The molecule has 7 heteroatoms. The average Bonchev–Trinajstić information content (AvgIpc) is 3.26. The number of nitrogens with one attached hydrogen (secondary N) is 2. The number of benzene rings is 1. The van der Waals surface area contributed by atoms with Crippen molar-refractivity contribution in [3.63, 3.8) is 0 Å². The lowest BCUT2D eigenvalue weighted by Gasteiger charge is -2.06. The van der Waals surface area contributed by atoms with Crippen molar-refractivity contribution in [1.82, 2.24) is 15.3 Å². The number of nitrogens with zero attached hydrogens (tertiary/aromatic N) is 2. The lowest BCUT2D eigenvalue weighted by atomic mass is 10.2. The van der Waals surface area contributed by atoms with Crippen molar-refractivity contribution in [1.29, 1.82) is 0 Å². The molecule has 1 amide bonds. The number of hydrogen-bond acceptors (Lipinski definition) is 6. The Balaban J connectivity index is 1.46. The topological polar surface area (TPSA) is 93.2 Å². The second-order valence-electron chi connectivity index (χ2n) is 5.16. The van der Waals surface area contributed by atoms with Crippen LogP contribution in [0.15, 0.2) is 57.8 Å². The van der Waals surface area contributed by atoms with Crippen LogP contribution in [0.3, 0.4) is 0 Å². The number of fused-ring (bicyclic) bond motifs is 3. The number of aromatic nitrogens is 2. The third-order valence-corrected chi connectivity index (χ3v) is 3.61. The van der Waals surface area contributed by atoms with Gasteiger partial charge in [0.15, 0.2) is 17.2 Å². The van der Waals surface area contributed by atoms with Crippen molar-refractivity contribution in [3.05, 3.63) is 54.7 Å². The number of furan rings is 2. The summed E-state index contributed by atoms with van der Waals surface area (Å²) in [5.41, 5.74) is 2.14. The molecule has 4 aromatic rings. The monoisotopic (exact) mass is 322 g/mol. The third-order valence-electron chi connectivity index (χ3n) is 3.61. The molecule has 0 bridgehead atoms. The number of anilines is 1. The van der Waals surface area contributed by atoms with Gasteiger partial charge in [0.05, 0.1) is 6.26 Å². The minimum absolute atomic E-state index is 0.252. The largest absolute Gasteiger partial charge is 0.459 e. The molecule has 0 fully saturated rings. The molecule has 1 aromatic carbocycles. The second kappa shape index (κ2) is 6.04. The highest BCUT2D eigenvalue weighted by molar-refractivity contribution is 6.05. The zero-order valence-electron chi connectivity index (χ0n) is 12.7. The molecule has 7 nitrogen and oxygen atoms in total. The highest BCUT2D eigenvalue weighted by Crippen LogP contribution is 2.29. The van der Waals surface area contributed by atoms with Gasteiger partial charge in [0.25, 0.3) is 5.91 Å². The maximum atomic E-state index is 11.8. The molecule has 0 saturated carbocycles. The van der Waals surface area contributed by atoms with Crippen LogP contribution < -0.4 is 10.6 Å². The van der Waals surface area contributed by atoms with E-state index < -0.39 is 0 Å². The van der Waals surface area contributed by atoms with Crippen LogP contribution in [-0.2, 0) is 0 Å². The van der Waals surface area contributed by atoms with Gasteiger partial charge < -0.3 is 19.5 Å². The van der Waals surface area contributed by atoms with Crippen LogP contribution in [0, 0.1) is 0 Å². The molecule has 0 aliphatic carbocycles. The van der Waals surface area contributed by atoms with Crippen LogP contribution in [0.2, 0.25) is 0 Å². The Bertz CT molecular complexity index is 992. The summed E-state index contributed by atoms with van der Waals surface area (Å²) in [6, 6.07) is 11.0. The Labute approximate surface area is 136 Å². The maximum absolute atomic E-state index is 11.8. The number of amides is 1. The second-order valence-corrected chi connectivity index (χ2v) is 5.16. The molecule has 0 aliphatic heterocycles. The molecule has 2 N–H and O–H groups in total. The van der Waals surface area contributed by atoms with Gasteiger partial charge in [0.1, 0.15) is 17.4 Å². The SMILES string of the molecule is O=C(NCCNc1ncnc2c1oc1ccccc12)c1ccco1. The molecule has 3 heterocycles. The predicted octanol–water partition coefficient (Wildman–Crippen LogP) is 2.81. The van der Waals surface area contributed by atoms with E-state index in [4.69, 9.17) is 8.83 Å². The van der Waals surface area contributed by atoms with Crippen molar-refractivity contribution in [2.75, 3.05) is 18.4 Å². The normalized spacial score (nSPS) is 11.0. The lowest BCUT2D eigenvalue weighted by molar-refractivity contribution is 0.0927. The van der Waals surface area contributed by atoms with Crippen LogP contribution in [-0.4, -0.2) is 29.0 Å². The van der Waals surface area contributed by atoms with Gasteiger partial charge in [0, 0.05) is 18.5 Å². The van der Waals surface area contributed by atoms with Crippen LogP contribution >= 0.6 is 0 Å². The van der Waals surface area contributed by atoms with Gasteiger partial charge >= 0.3 is 0 Å². The van der Waals surface area contributed by atoms with Crippen LogP contribution in [0.4, 0.5) is 5.82 Å². The van der Waals surface area contributed by atoms with Crippen molar-refractivity contribution in [3.8, 4) is 0 Å². The van der Waals surface area contributed by atoms with E-state index in [0.717, 1.165) is 16.5 Å². The van der Waals surface area contributed by atoms with E-state index in [-0.39, 0.29) is 11.7 Å². The maximum Gasteiger partial charge on any atom is 0.287 e. The lowest BCUT2D eigenvalue weighted by Crippen LogP contribution is -2.28. The quantitative estimate of drug-likeness (QED) is 0.549. The fourth-order valence-electron chi connectivity index (χ4n) is 2.50. The zero-order valence-corrected chi connectivity index (χ0v) is 12.7. The highest BCUT2D eigenvalue weighted by atomic mass is 16.3. The van der Waals surface area contributed by atoms with Gasteiger partial charge in [-0.15, -0.1) is 0 Å². The third kappa shape index (κ3) is 2.56. The number of rotatable bonds is 5. The Morgan fingerprint density at radius 1 is 1.08 bits per heavy atom. The zero-order chi connectivity index (χ0) is 16.4. The Hall–Kier alpha value is -3.35. The van der Waals surface area contributed by atoms with Crippen molar-refractivity contribution >= 4 is 33.8 Å². The summed E-state index contributed by atoms with van der Waals surface area (Å²) in [6.07, 6.45) is 2.96. The minimum Gasteiger partial charge on any atom is -0.459 e. The first-order valence-corrected chi connectivity index (χ1v) is 7.51. The van der Waals surface area contributed by atoms with Crippen molar-refractivity contribution in [2.45, 2.75) is 0 Å². The van der Waals surface area contributed by atoms with Crippen LogP contribution in [0.5, 0.6) is 0 Å². The van der Waals surface area contributed by atoms with E-state index in [9.17, 15) is 4.79 Å². The Kier molecular flexibility index (Phi) is 3.59. The standard InChI is InChI=1S/C17H14N4O3/c22-17(13-6-3-9-23-13)19-8-7-18-16-15-14(20-10-21-16)11-4-1-2-5-12(11)24-15/h1-6,9-10H,7-8H2,(H,19,22)(H,18,20,21). The summed E-state index contributed by atoms with van der Waals surface area (Å²) in [5, 5.41) is 6.87. The molecule has 4 rings (SSSR count). The summed E-state index contributed by atoms with van der Waals surface area (Å²) in [5.74, 6) is 0.638. The molecule has 0 radical (unpaired) electrons. The minimum atomic E-state index is -0.252. The highest BCUT2D eigenvalue weighted by Gasteiger charge is 2.12. The first-order valence-electron chi connectivity index (χ1n) is 7.51. The molecule has 0 unspecified atom stereocenters. The summed E-state index contributed by atoms with van der Waals surface area (Å²) >= 11 is 0. The van der Waals surface area contributed by atoms with Gasteiger partial charge in [-0.25, -0.2) is 9.97 Å². The fourth-order valence-corrected chi connectivity index (χ4v) is 2.50. The molecule has 24 heavy (non-hydrogen) atoms. The number of para-hydroxylation sites is 1. The number of carbonyl (C=O) groups is 1. The van der Waals surface area contributed by atoms with Gasteiger partial charge in [-0.05, 0) is 24.3 Å². The molecule has 0 spiro atoms. The average molecular weight is 322 g/mol. The summed E-state index contributed by atoms with van der Waals surface area (Å²) in [7, 11) is 0. The van der Waals surface area contributed by atoms with Crippen molar-refractivity contribution < 1.29 is 13.6 Å². The van der Waals surface area contributed by atoms with E-state index >= 15 is 0 Å². The molecule has 3 aromatic heterocycles. The molecule has 0 saturated heterocycles. The number of hydrogen-bond donors (Lipinski definition) is 2. The molecule has 120 valence electrons. The molecular weight excluding hydrogens is 308 g/mol. The first-order chi connectivity index (χ1) is 11.8. The van der Waals surface area contributed by atoms with E-state index in [1.807, 2.05) is 24.3 Å². The Morgan fingerprint density at radius 3 is 2.88 bits per heavy atom.